The van der Waals surface area contributed by atoms with Crippen LogP contribution in [-0.2, 0) is 9.53 Å². The molecule has 0 saturated heterocycles. The molecule has 0 saturated carbocycles. The molecule has 0 aliphatic rings. The van der Waals surface area contributed by atoms with Crippen LogP contribution in [0.1, 0.15) is 92.9 Å². The topological polar surface area (TPSA) is 38.3 Å². The van der Waals surface area contributed by atoms with E-state index >= 15 is 0 Å². The monoisotopic (exact) mass is 327 g/mol. The van der Waals surface area contributed by atoms with Crippen LogP contribution in [0.5, 0.6) is 0 Å². The molecule has 3 heteroatoms. The lowest BCUT2D eigenvalue weighted by molar-refractivity contribution is -0.122. The van der Waals surface area contributed by atoms with Gasteiger partial charge in [-0.15, -0.1) is 0 Å². The number of hydrogen-bond donors (Lipinski definition) is 1. The first-order valence-electron chi connectivity index (χ1n) is 9.57. The van der Waals surface area contributed by atoms with Crippen molar-refractivity contribution in [3.8, 4) is 0 Å². The lowest BCUT2D eigenvalue weighted by Crippen LogP contribution is -2.27. The summed E-state index contributed by atoms with van der Waals surface area (Å²) >= 11 is 0. The Kier molecular flexibility index (Phi) is 11.6. The molecule has 1 amide bonds. The minimum absolute atomic E-state index is 0.117. The summed E-state index contributed by atoms with van der Waals surface area (Å²) < 4.78 is 5.66. The van der Waals surface area contributed by atoms with Crippen LogP contribution in [0.3, 0.4) is 0 Å². The van der Waals surface area contributed by atoms with E-state index in [1.165, 1.54) is 32.1 Å². The van der Waals surface area contributed by atoms with E-state index in [0.29, 0.717) is 18.4 Å². The largest absolute Gasteiger partial charge is 0.380 e. The van der Waals surface area contributed by atoms with Crippen molar-refractivity contribution in [3.63, 3.8) is 0 Å². The van der Waals surface area contributed by atoms with Gasteiger partial charge in [-0.05, 0) is 36.5 Å². The standard InChI is InChI=1S/C20H41NO2/c1-7-12-19(3,4)14-9-10-15-21-18(22)11-16-23-17-20(5,6)13-8-2/h7-17H2,1-6H3,(H,21,22). The summed E-state index contributed by atoms with van der Waals surface area (Å²) in [5.41, 5.74) is 0.661. The fourth-order valence-electron chi connectivity index (χ4n) is 3.11. The number of hydrogen-bond acceptors (Lipinski definition) is 2. The average Bonchev–Trinajstić information content (AvgIpc) is 2.43. The van der Waals surface area contributed by atoms with Crippen LogP contribution in [0.15, 0.2) is 0 Å². The van der Waals surface area contributed by atoms with Gasteiger partial charge in [0.15, 0.2) is 0 Å². The quantitative estimate of drug-likeness (QED) is 0.438. The van der Waals surface area contributed by atoms with Gasteiger partial charge in [0.05, 0.1) is 13.2 Å². The molecule has 0 aromatic carbocycles. The maximum atomic E-state index is 11.8. The van der Waals surface area contributed by atoms with Crippen LogP contribution in [0.25, 0.3) is 0 Å². The van der Waals surface area contributed by atoms with Gasteiger partial charge < -0.3 is 10.1 Å². The molecular formula is C20H41NO2. The molecule has 0 atom stereocenters. The molecule has 23 heavy (non-hydrogen) atoms. The molecule has 0 spiro atoms. The molecule has 0 fully saturated rings. The van der Waals surface area contributed by atoms with Crippen LogP contribution in [0.2, 0.25) is 0 Å². The van der Waals surface area contributed by atoms with Gasteiger partial charge >= 0.3 is 0 Å². The SMILES string of the molecule is CCCC(C)(C)CCCCNC(=O)CCOCC(C)(C)CCC. The Morgan fingerprint density at radius 3 is 2.13 bits per heavy atom. The predicted octanol–water partition coefficient (Wildman–Crippen LogP) is 5.33. The van der Waals surface area contributed by atoms with E-state index in [1.54, 1.807) is 0 Å². The lowest BCUT2D eigenvalue weighted by Gasteiger charge is -2.24. The van der Waals surface area contributed by atoms with Crippen LogP contribution in [0, 0.1) is 10.8 Å². The lowest BCUT2D eigenvalue weighted by atomic mass is 9.83. The van der Waals surface area contributed by atoms with Crippen LogP contribution < -0.4 is 5.32 Å². The molecule has 3 nitrogen and oxygen atoms in total. The summed E-state index contributed by atoms with van der Waals surface area (Å²) in [6.07, 6.45) is 8.84. The number of carbonyl (C=O) groups is 1. The third-order valence-corrected chi connectivity index (χ3v) is 4.42. The molecule has 0 aromatic heterocycles. The Balaban J connectivity index is 3.58. The number of rotatable bonds is 14. The van der Waals surface area contributed by atoms with Crippen LogP contribution in [0.4, 0.5) is 0 Å². The molecule has 0 aliphatic carbocycles. The Morgan fingerprint density at radius 1 is 0.913 bits per heavy atom. The molecule has 1 N–H and O–H groups in total. The smallest absolute Gasteiger partial charge is 0.222 e. The van der Waals surface area contributed by atoms with Crippen molar-refractivity contribution in [1.29, 1.82) is 0 Å². The van der Waals surface area contributed by atoms with Crippen molar-refractivity contribution < 1.29 is 9.53 Å². The number of carbonyl (C=O) groups excluding carboxylic acids is 1. The molecular weight excluding hydrogens is 286 g/mol. The normalized spacial score (nSPS) is 12.4. The van der Waals surface area contributed by atoms with E-state index in [1.807, 2.05) is 0 Å². The van der Waals surface area contributed by atoms with Gasteiger partial charge in [0.25, 0.3) is 0 Å². The van der Waals surface area contributed by atoms with E-state index in [0.717, 1.165) is 26.0 Å². The molecule has 0 aromatic rings. The number of nitrogens with one attached hydrogen (secondary N) is 1. The van der Waals surface area contributed by atoms with Crippen LogP contribution >= 0.6 is 0 Å². The Morgan fingerprint density at radius 2 is 1.52 bits per heavy atom. The van der Waals surface area contributed by atoms with Gasteiger partial charge in [-0.25, -0.2) is 0 Å². The molecule has 0 heterocycles. The first-order chi connectivity index (χ1) is 10.7. The number of ether oxygens (including phenoxy) is 1. The fraction of sp³-hybridized carbons (Fsp3) is 0.950. The van der Waals surface area contributed by atoms with Gasteiger partial charge in [-0.2, -0.15) is 0 Å². The zero-order valence-electron chi connectivity index (χ0n) is 16.6. The molecule has 0 rings (SSSR count). The predicted molar refractivity (Wildman–Crippen MR) is 99.7 cm³/mol. The van der Waals surface area contributed by atoms with E-state index in [-0.39, 0.29) is 11.3 Å². The number of amides is 1. The Labute approximate surface area is 144 Å². The van der Waals surface area contributed by atoms with Crippen molar-refractivity contribution >= 4 is 5.91 Å². The van der Waals surface area contributed by atoms with Crippen molar-refractivity contribution in [3.05, 3.63) is 0 Å². The van der Waals surface area contributed by atoms with Gasteiger partial charge in [-0.1, -0.05) is 60.8 Å². The summed E-state index contributed by atoms with van der Waals surface area (Å²) in [7, 11) is 0. The van der Waals surface area contributed by atoms with Gasteiger partial charge in [0.1, 0.15) is 0 Å². The van der Waals surface area contributed by atoms with Crippen molar-refractivity contribution in [2.75, 3.05) is 19.8 Å². The van der Waals surface area contributed by atoms with Crippen molar-refractivity contribution in [2.24, 2.45) is 10.8 Å². The molecule has 0 aliphatic heterocycles. The van der Waals surface area contributed by atoms with Crippen LogP contribution in [-0.4, -0.2) is 25.7 Å². The zero-order valence-corrected chi connectivity index (χ0v) is 16.6. The summed E-state index contributed by atoms with van der Waals surface area (Å²) in [5.74, 6) is 0.117. The molecule has 0 unspecified atom stereocenters. The van der Waals surface area contributed by atoms with Crippen molar-refractivity contribution in [1.82, 2.24) is 5.32 Å². The minimum Gasteiger partial charge on any atom is -0.380 e. The first-order valence-corrected chi connectivity index (χ1v) is 9.57. The van der Waals surface area contributed by atoms with E-state index in [4.69, 9.17) is 4.74 Å². The highest BCUT2D eigenvalue weighted by Gasteiger charge is 2.17. The average molecular weight is 328 g/mol. The summed E-state index contributed by atoms with van der Waals surface area (Å²) in [6, 6.07) is 0. The molecule has 138 valence electrons. The second-order valence-corrected chi connectivity index (χ2v) is 8.44. The highest BCUT2D eigenvalue weighted by molar-refractivity contribution is 5.75. The molecule has 0 bridgehead atoms. The van der Waals surface area contributed by atoms with Gasteiger partial charge in [-0.3, -0.25) is 4.79 Å². The maximum Gasteiger partial charge on any atom is 0.222 e. The summed E-state index contributed by atoms with van der Waals surface area (Å²) in [4.78, 5) is 11.8. The second kappa shape index (κ2) is 11.9. The van der Waals surface area contributed by atoms with E-state index < -0.39 is 0 Å². The van der Waals surface area contributed by atoms with Crippen molar-refractivity contribution in [2.45, 2.75) is 92.9 Å². The first kappa shape index (κ1) is 22.4. The third kappa shape index (κ3) is 13.6. The maximum absolute atomic E-state index is 11.8. The Bertz CT molecular complexity index is 311. The Hall–Kier alpha value is -0.570. The highest BCUT2D eigenvalue weighted by atomic mass is 16.5. The summed E-state index contributed by atoms with van der Waals surface area (Å²) in [6.45, 7) is 15.6. The fourth-order valence-corrected chi connectivity index (χ4v) is 3.11. The minimum atomic E-state index is 0.117. The number of unbranched alkanes of at least 4 members (excludes halogenated alkanes) is 1. The second-order valence-electron chi connectivity index (χ2n) is 8.44. The molecule has 0 radical (unpaired) electrons. The van der Waals surface area contributed by atoms with E-state index in [9.17, 15) is 4.79 Å². The summed E-state index contributed by atoms with van der Waals surface area (Å²) in [5, 5.41) is 3.00. The van der Waals surface area contributed by atoms with Gasteiger partial charge in [0.2, 0.25) is 5.91 Å². The highest BCUT2D eigenvalue weighted by Crippen LogP contribution is 2.28. The third-order valence-electron chi connectivity index (χ3n) is 4.42. The van der Waals surface area contributed by atoms with Gasteiger partial charge in [0, 0.05) is 13.0 Å². The van der Waals surface area contributed by atoms with E-state index in [2.05, 4.69) is 46.9 Å². The zero-order chi connectivity index (χ0) is 17.8.